The van der Waals surface area contributed by atoms with Crippen molar-refractivity contribution in [2.45, 2.75) is 20.1 Å². The Bertz CT molecular complexity index is 1430. The predicted octanol–water partition coefficient (Wildman–Crippen LogP) is 8.90. The molecule has 0 heterocycles. The maximum absolute atomic E-state index is 5.90. The number of ether oxygens (including phenoxy) is 2. The number of nitrogens with zero attached hydrogens (tertiary/aromatic N) is 2. The van der Waals surface area contributed by atoms with Gasteiger partial charge < -0.3 is 9.47 Å². The molecule has 2 unspecified atom stereocenters. The Morgan fingerprint density at radius 1 is 0.634 bits per heavy atom. The topological polar surface area (TPSA) is 43.2 Å². The molecule has 4 aromatic rings. The molecular weight excluding hydrogens is 523 g/mol. The summed E-state index contributed by atoms with van der Waals surface area (Å²) >= 11 is 0. The van der Waals surface area contributed by atoms with Crippen molar-refractivity contribution in [3.05, 3.63) is 144 Å². The highest BCUT2D eigenvalue weighted by molar-refractivity contribution is 7.36. The van der Waals surface area contributed by atoms with Gasteiger partial charge in [-0.2, -0.15) is 0 Å². The van der Waals surface area contributed by atoms with E-state index in [1.807, 2.05) is 97.4 Å². The lowest BCUT2D eigenvalue weighted by Gasteiger charge is -2.07. The van der Waals surface area contributed by atoms with E-state index in [0.717, 1.165) is 57.6 Å². The van der Waals surface area contributed by atoms with Gasteiger partial charge in [0.25, 0.3) is 0 Å². The number of aliphatic imine (C=N–C) groups is 1. The van der Waals surface area contributed by atoms with Gasteiger partial charge >= 0.3 is 0 Å². The van der Waals surface area contributed by atoms with Crippen LogP contribution in [-0.4, -0.2) is 25.1 Å². The van der Waals surface area contributed by atoms with Crippen LogP contribution < -0.4 is 9.47 Å². The maximum atomic E-state index is 5.90. The highest BCUT2D eigenvalue weighted by Crippen LogP contribution is 2.19. The average molecular weight is 561 g/mol. The molecular formula is C36H37N2O2P. The van der Waals surface area contributed by atoms with Crippen LogP contribution in [0.1, 0.15) is 40.3 Å². The Labute approximate surface area is 246 Å². The van der Waals surface area contributed by atoms with Crippen molar-refractivity contribution in [2.24, 2.45) is 15.7 Å². The van der Waals surface area contributed by atoms with Gasteiger partial charge in [0.05, 0.1) is 0 Å². The standard InChI is InChI=1S/C36H37N2O2P/c1-4-29-6-10-33(11-7-29)25-39-35-18-14-31(15-19-35)23-37-22-28(3)27-41-38-24-32-16-20-36(21-17-32)40-26-34-12-8-30(5-2)9-13-34/h4-21,23-24,28,41H,1-2,22,25-27H2,3H3/b37-23+,38-24+. The molecule has 0 aliphatic heterocycles. The number of benzene rings is 4. The molecule has 0 saturated heterocycles. The lowest BCUT2D eigenvalue weighted by molar-refractivity contribution is 0.306. The predicted molar refractivity (Wildman–Crippen MR) is 177 cm³/mol. The summed E-state index contributed by atoms with van der Waals surface area (Å²) in [5, 5.41) is 0. The van der Waals surface area contributed by atoms with E-state index in [-0.39, 0.29) is 0 Å². The zero-order valence-electron chi connectivity index (χ0n) is 23.6. The average Bonchev–Trinajstić information content (AvgIpc) is 3.03. The smallest absolute Gasteiger partial charge is 0.119 e. The number of hydrogen-bond donors (Lipinski definition) is 0. The first-order valence-electron chi connectivity index (χ1n) is 13.8. The normalized spacial score (nSPS) is 12.2. The van der Waals surface area contributed by atoms with Crippen LogP contribution in [0.3, 0.4) is 0 Å². The molecule has 0 spiro atoms. The molecule has 0 aliphatic carbocycles. The van der Waals surface area contributed by atoms with E-state index < -0.39 is 0 Å². The van der Waals surface area contributed by atoms with Crippen LogP contribution in [-0.2, 0) is 13.2 Å². The van der Waals surface area contributed by atoms with E-state index in [2.05, 4.69) is 54.1 Å². The second kappa shape index (κ2) is 16.1. The van der Waals surface area contributed by atoms with E-state index in [1.54, 1.807) is 0 Å². The summed E-state index contributed by atoms with van der Waals surface area (Å²) in [6.45, 7) is 11.6. The minimum atomic E-state index is 0.466. The minimum absolute atomic E-state index is 0.466. The fourth-order valence-corrected chi connectivity index (χ4v) is 4.65. The summed E-state index contributed by atoms with van der Waals surface area (Å²) in [7, 11) is 0.514. The zero-order chi connectivity index (χ0) is 28.7. The van der Waals surface area contributed by atoms with Crippen molar-refractivity contribution in [3.8, 4) is 11.5 Å². The van der Waals surface area contributed by atoms with Gasteiger partial charge in [-0.15, -0.1) is 0 Å². The SMILES string of the molecule is C=Cc1ccc(COc2ccc(/C=N/CC(C)CP/N=C/c3ccc(OCc4ccc(C=C)cc4)cc3)cc2)cc1. The molecule has 0 aliphatic rings. The second-order valence-electron chi connectivity index (χ2n) is 9.83. The van der Waals surface area contributed by atoms with Crippen molar-refractivity contribution in [1.82, 2.24) is 0 Å². The summed E-state index contributed by atoms with van der Waals surface area (Å²) in [5.74, 6) is 2.16. The summed E-state index contributed by atoms with van der Waals surface area (Å²) < 4.78 is 16.4. The Hall–Kier alpha value is -4.27. The quantitative estimate of drug-likeness (QED) is 0.108. The largest absolute Gasteiger partial charge is 0.489 e. The molecule has 5 heteroatoms. The Morgan fingerprint density at radius 3 is 1.54 bits per heavy atom. The minimum Gasteiger partial charge on any atom is -0.489 e. The van der Waals surface area contributed by atoms with Crippen molar-refractivity contribution < 1.29 is 9.47 Å². The molecule has 2 atom stereocenters. The van der Waals surface area contributed by atoms with Crippen molar-refractivity contribution in [1.29, 1.82) is 0 Å². The molecule has 0 amide bonds. The first kappa shape index (κ1) is 29.7. The fraction of sp³-hybridized carbons (Fsp3) is 0.167. The third-order valence-corrected chi connectivity index (χ3v) is 7.60. The Kier molecular flexibility index (Phi) is 11.7. The van der Waals surface area contributed by atoms with Crippen LogP contribution in [0.5, 0.6) is 11.5 Å². The Balaban J connectivity index is 1.12. The van der Waals surface area contributed by atoms with Crippen molar-refractivity contribution >= 4 is 33.3 Å². The summed E-state index contributed by atoms with van der Waals surface area (Å²) in [5.41, 5.74) is 6.62. The molecule has 0 bridgehead atoms. The van der Waals surface area contributed by atoms with Gasteiger partial charge in [-0.1, -0.05) is 80.8 Å². The van der Waals surface area contributed by atoms with E-state index in [0.29, 0.717) is 27.9 Å². The highest BCUT2D eigenvalue weighted by atomic mass is 31.1. The van der Waals surface area contributed by atoms with E-state index in [9.17, 15) is 0 Å². The van der Waals surface area contributed by atoms with Gasteiger partial charge in [0.15, 0.2) is 0 Å². The molecule has 41 heavy (non-hydrogen) atoms. The van der Waals surface area contributed by atoms with Gasteiger partial charge in [-0.25, -0.2) is 0 Å². The molecule has 0 saturated carbocycles. The first-order chi connectivity index (χ1) is 20.1. The Morgan fingerprint density at radius 2 is 1.07 bits per heavy atom. The van der Waals surface area contributed by atoms with Gasteiger partial charge in [0.2, 0.25) is 0 Å². The van der Waals surface area contributed by atoms with E-state index in [4.69, 9.17) is 9.47 Å². The second-order valence-corrected chi connectivity index (χ2v) is 10.8. The van der Waals surface area contributed by atoms with Crippen LogP contribution in [0.25, 0.3) is 12.2 Å². The fourth-order valence-electron chi connectivity index (χ4n) is 3.86. The first-order valence-corrected chi connectivity index (χ1v) is 14.9. The molecule has 4 aromatic carbocycles. The van der Waals surface area contributed by atoms with E-state index >= 15 is 0 Å². The van der Waals surface area contributed by atoms with Crippen LogP contribution in [0.15, 0.2) is 120 Å². The molecule has 0 fully saturated rings. The zero-order valence-corrected chi connectivity index (χ0v) is 24.6. The third kappa shape index (κ3) is 10.3. The molecule has 208 valence electrons. The molecule has 4 nitrogen and oxygen atoms in total. The molecule has 0 radical (unpaired) electrons. The van der Waals surface area contributed by atoms with Gasteiger partial charge in [0, 0.05) is 27.7 Å². The van der Waals surface area contributed by atoms with Gasteiger partial charge in [0.1, 0.15) is 24.7 Å². The molecule has 0 aromatic heterocycles. The van der Waals surface area contributed by atoms with Crippen LogP contribution in [0, 0.1) is 5.92 Å². The summed E-state index contributed by atoms with van der Waals surface area (Å²) in [4.78, 5) is 4.64. The number of hydrogen-bond acceptors (Lipinski definition) is 4. The maximum Gasteiger partial charge on any atom is 0.119 e. The highest BCUT2D eigenvalue weighted by Gasteiger charge is 2.01. The number of rotatable bonds is 15. The van der Waals surface area contributed by atoms with Crippen molar-refractivity contribution in [2.75, 3.05) is 12.7 Å². The summed E-state index contributed by atoms with van der Waals surface area (Å²) in [6, 6.07) is 32.5. The lowest BCUT2D eigenvalue weighted by Crippen LogP contribution is -2.01. The molecule has 4 rings (SSSR count). The monoisotopic (exact) mass is 560 g/mol. The van der Waals surface area contributed by atoms with Crippen LogP contribution >= 0.6 is 8.73 Å². The van der Waals surface area contributed by atoms with Crippen LogP contribution in [0.2, 0.25) is 0 Å². The lowest BCUT2D eigenvalue weighted by atomic mass is 10.1. The van der Waals surface area contributed by atoms with Gasteiger partial charge in [-0.3, -0.25) is 9.76 Å². The third-order valence-electron chi connectivity index (χ3n) is 6.40. The van der Waals surface area contributed by atoms with E-state index in [1.165, 1.54) is 0 Å². The van der Waals surface area contributed by atoms with Gasteiger partial charge in [-0.05, 0) is 94.0 Å². The van der Waals surface area contributed by atoms with Crippen LogP contribution in [0.4, 0.5) is 0 Å². The summed E-state index contributed by atoms with van der Waals surface area (Å²) in [6.07, 6.45) is 8.56. The van der Waals surface area contributed by atoms with Crippen molar-refractivity contribution in [3.63, 3.8) is 0 Å². The molecule has 0 N–H and O–H groups in total.